The number of carbonyl (C=O) groups is 1. The molecule has 0 bridgehead atoms. The van der Waals surface area contributed by atoms with Crippen LogP contribution in [0.3, 0.4) is 0 Å². The summed E-state index contributed by atoms with van der Waals surface area (Å²) in [5, 5.41) is 12.4. The number of rotatable bonds is 6. The highest BCUT2D eigenvalue weighted by Gasteiger charge is 2.30. The molecule has 2 rings (SSSR count). The van der Waals surface area contributed by atoms with Crippen molar-refractivity contribution in [2.75, 3.05) is 12.8 Å². The summed E-state index contributed by atoms with van der Waals surface area (Å²) in [4.78, 5) is 12.3. The van der Waals surface area contributed by atoms with Gasteiger partial charge in [0.2, 0.25) is 0 Å². The van der Waals surface area contributed by atoms with Gasteiger partial charge in [0, 0.05) is 22.7 Å². The molecular formula is C14H21NO2S2. The summed E-state index contributed by atoms with van der Waals surface area (Å²) in [6, 6.07) is 3.60. The molecule has 0 unspecified atom stereocenters. The third kappa shape index (κ3) is 3.97. The van der Waals surface area contributed by atoms with Crippen LogP contribution in [-0.4, -0.2) is 28.6 Å². The SMILES string of the molecule is CSC1(CNCc2ccc(C(=O)O)s2)CCCCC1. The fraction of sp³-hybridized carbons (Fsp3) is 0.643. The van der Waals surface area contributed by atoms with Gasteiger partial charge in [-0.2, -0.15) is 11.8 Å². The van der Waals surface area contributed by atoms with Gasteiger partial charge in [0.25, 0.3) is 0 Å². The number of carboxylic acids is 1. The first-order chi connectivity index (χ1) is 9.15. The van der Waals surface area contributed by atoms with Gasteiger partial charge in [0.15, 0.2) is 0 Å². The number of aromatic carboxylic acids is 1. The number of thioether (sulfide) groups is 1. The zero-order valence-electron chi connectivity index (χ0n) is 11.3. The molecule has 3 nitrogen and oxygen atoms in total. The van der Waals surface area contributed by atoms with Crippen LogP contribution in [0.5, 0.6) is 0 Å². The molecule has 0 atom stereocenters. The lowest BCUT2D eigenvalue weighted by atomic mass is 9.88. The average Bonchev–Trinajstić information content (AvgIpc) is 2.89. The van der Waals surface area contributed by atoms with Crippen LogP contribution in [0.4, 0.5) is 0 Å². The maximum absolute atomic E-state index is 10.8. The molecule has 2 N–H and O–H groups in total. The molecule has 0 spiro atoms. The van der Waals surface area contributed by atoms with Crippen LogP contribution in [0.1, 0.15) is 46.7 Å². The van der Waals surface area contributed by atoms with Crippen molar-refractivity contribution in [2.45, 2.75) is 43.4 Å². The topological polar surface area (TPSA) is 49.3 Å². The van der Waals surface area contributed by atoms with Gasteiger partial charge in [0.05, 0.1) is 0 Å². The minimum atomic E-state index is -0.830. The minimum absolute atomic E-state index is 0.394. The second-order valence-electron chi connectivity index (χ2n) is 5.12. The first-order valence-corrected chi connectivity index (χ1v) is 8.77. The Hall–Kier alpha value is -0.520. The second-order valence-corrected chi connectivity index (χ2v) is 7.57. The first kappa shape index (κ1) is 14.9. The van der Waals surface area contributed by atoms with E-state index in [4.69, 9.17) is 5.11 Å². The minimum Gasteiger partial charge on any atom is -0.477 e. The number of hydrogen-bond acceptors (Lipinski definition) is 4. The first-order valence-electron chi connectivity index (χ1n) is 6.73. The summed E-state index contributed by atoms with van der Waals surface area (Å²) in [5.74, 6) is -0.830. The van der Waals surface area contributed by atoms with Gasteiger partial charge in [-0.05, 0) is 31.2 Å². The van der Waals surface area contributed by atoms with E-state index < -0.39 is 5.97 Å². The molecule has 1 aromatic rings. The zero-order chi connectivity index (χ0) is 13.7. The van der Waals surface area contributed by atoms with E-state index >= 15 is 0 Å². The van der Waals surface area contributed by atoms with Gasteiger partial charge in [-0.15, -0.1) is 11.3 Å². The van der Waals surface area contributed by atoms with E-state index in [0.29, 0.717) is 9.62 Å². The number of thiophene rings is 1. The Balaban J connectivity index is 1.82. The van der Waals surface area contributed by atoms with Gasteiger partial charge < -0.3 is 10.4 Å². The quantitative estimate of drug-likeness (QED) is 0.842. The van der Waals surface area contributed by atoms with Crippen molar-refractivity contribution < 1.29 is 9.90 Å². The summed E-state index contributed by atoms with van der Waals surface area (Å²) >= 11 is 3.35. The maximum Gasteiger partial charge on any atom is 0.345 e. The van der Waals surface area contributed by atoms with Gasteiger partial charge in [-0.25, -0.2) is 4.79 Å². The maximum atomic E-state index is 10.8. The molecule has 1 heterocycles. The van der Waals surface area contributed by atoms with Gasteiger partial charge >= 0.3 is 5.97 Å². The Morgan fingerprint density at radius 3 is 2.74 bits per heavy atom. The van der Waals surface area contributed by atoms with Gasteiger partial charge in [-0.1, -0.05) is 19.3 Å². The van der Waals surface area contributed by atoms with Gasteiger partial charge in [0.1, 0.15) is 4.88 Å². The standard InChI is InChI=1S/C14H21NO2S2/c1-18-14(7-3-2-4-8-14)10-15-9-11-5-6-12(19-11)13(16)17/h5-6,15H,2-4,7-10H2,1H3,(H,16,17). The fourth-order valence-electron chi connectivity index (χ4n) is 2.65. The van der Waals surface area contributed by atoms with Crippen LogP contribution in [0.25, 0.3) is 0 Å². The van der Waals surface area contributed by atoms with Gasteiger partial charge in [-0.3, -0.25) is 0 Å². The van der Waals surface area contributed by atoms with E-state index in [-0.39, 0.29) is 0 Å². The molecule has 1 fully saturated rings. The average molecular weight is 299 g/mol. The highest BCUT2D eigenvalue weighted by atomic mass is 32.2. The molecule has 0 saturated heterocycles. The number of nitrogens with one attached hydrogen (secondary N) is 1. The molecule has 19 heavy (non-hydrogen) atoms. The highest BCUT2D eigenvalue weighted by Crippen LogP contribution is 2.38. The van der Waals surface area contributed by atoms with Crippen LogP contribution >= 0.6 is 23.1 Å². The third-order valence-electron chi connectivity index (χ3n) is 3.82. The van der Waals surface area contributed by atoms with E-state index in [2.05, 4.69) is 11.6 Å². The highest BCUT2D eigenvalue weighted by molar-refractivity contribution is 8.00. The summed E-state index contributed by atoms with van der Waals surface area (Å²) in [7, 11) is 0. The zero-order valence-corrected chi connectivity index (χ0v) is 12.9. The van der Waals surface area contributed by atoms with E-state index in [9.17, 15) is 4.79 Å². The molecule has 0 amide bonds. The molecule has 1 saturated carbocycles. The smallest absolute Gasteiger partial charge is 0.345 e. The molecule has 1 aromatic heterocycles. The Bertz CT molecular complexity index is 425. The molecule has 0 aliphatic heterocycles. The van der Waals surface area contributed by atoms with Crippen molar-refractivity contribution in [2.24, 2.45) is 0 Å². The number of carboxylic acid groups (broad SMARTS) is 1. The van der Waals surface area contributed by atoms with Crippen LogP contribution < -0.4 is 5.32 Å². The van der Waals surface area contributed by atoms with Crippen molar-refractivity contribution in [3.63, 3.8) is 0 Å². The molecule has 0 radical (unpaired) electrons. The van der Waals surface area contributed by atoms with E-state index in [0.717, 1.165) is 18.0 Å². The van der Waals surface area contributed by atoms with E-state index in [1.165, 1.54) is 43.4 Å². The van der Waals surface area contributed by atoms with Crippen molar-refractivity contribution in [1.29, 1.82) is 0 Å². The molecule has 5 heteroatoms. The van der Waals surface area contributed by atoms with Crippen molar-refractivity contribution >= 4 is 29.1 Å². The normalized spacial score (nSPS) is 18.4. The lowest BCUT2D eigenvalue weighted by molar-refractivity contribution is 0.0702. The predicted molar refractivity (Wildman–Crippen MR) is 82.3 cm³/mol. The Labute approximate surface area is 122 Å². The monoisotopic (exact) mass is 299 g/mol. The van der Waals surface area contributed by atoms with Crippen molar-refractivity contribution in [3.8, 4) is 0 Å². The molecule has 0 aromatic carbocycles. The van der Waals surface area contributed by atoms with E-state index in [1.54, 1.807) is 6.07 Å². The lowest BCUT2D eigenvalue weighted by Crippen LogP contribution is -2.38. The third-order valence-corrected chi connectivity index (χ3v) is 6.31. The second kappa shape index (κ2) is 6.77. The van der Waals surface area contributed by atoms with Crippen molar-refractivity contribution in [3.05, 3.63) is 21.9 Å². The summed E-state index contributed by atoms with van der Waals surface area (Å²) in [5.41, 5.74) is 0. The van der Waals surface area contributed by atoms with Crippen molar-refractivity contribution in [1.82, 2.24) is 5.32 Å². The Morgan fingerprint density at radius 2 is 2.16 bits per heavy atom. The van der Waals surface area contributed by atoms with Crippen LogP contribution in [0, 0.1) is 0 Å². The molecule has 1 aliphatic carbocycles. The van der Waals surface area contributed by atoms with Crippen LogP contribution in [0.15, 0.2) is 12.1 Å². The lowest BCUT2D eigenvalue weighted by Gasteiger charge is -2.36. The largest absolute Gasteiger partial charge is 0.477 e. The summed E-state index contributed by atoms with van der Waals surface area (Å²) < 4.78 is 0.394. The Kier molecular flexibility index (Phi) is 5.30. The molecule has 1 aliphatic rings. The van der Waals surface area contributed by atoms with Crippen LogP contribution in [-0.2, 0) is 6.54 Å². The number of hydrogen-bond donors (Lipinski definition) is 2. The van der Waals surface area contributed by atoms with E-state index in [1.807, 2.05) is 17.8 Å². The predicted octanol–water partition coefficient (Wildman–Crippen LogP) is 3.60. The summed E-state index contributed by atoms with van der Waals surface area (Å²) in [6.07, 6.45) is 8.85. The van der Waals surface area contributed by atoms with Crippen LogP contribution in [0.2, 0.25) is 0 Å². The summed E-state index contributed by atoms with van der Waals surface area (Å²) in [6.45, 7) is 1.80. The molecule has 106 valence electrons. The fourth-order valence-corrected chi connectivity index (χ4v) is 4.41. The molecular weight excluding hydrogens is 278 g/mol. The Morgan fingerprint density at radius 1 is 1.42 bits per heavy atom.